The first kappa shape index (κ1) is 21.6. The van der Waals surface area contributed by atoms with Gasteiger partial charge in [-0.3, -0.25) is 9.78 Å². The molecule has 0 atom stereocenters. The lowest BCUT2D eigenvalue weighted by molar-refractivity contribution is -0.111. The Hall–Kier alpha value is -2.71. The molecule has 0 spiro atoms. The fourth-order valence-corrected chi connectivity index (χ4v) is 4.15. The molecule has 0 saturated heterocycles. The number of aromatic nitrogens is 1. The van der Waals surface area contributed by atoms with Crippen LogP contribution >= 0.6 is 0 Å². The van der Waals surface area contributed by atoms with Crippen LogP contribution in [0.3, 0.4) is 0 Å². The van der Waals surface area contributed by atoms with Gasteiger partial charge in [0.2, 0.25) is 15.9 Å². The van der Waals surface area contributed by atoms with Gasteiger partial charge < -0.3 is 10.6 Å². The van der Waals surface area contributed by atoms with Crippen molar-refractivity contribution >= 4 is 33.4 Å². The van der Waals surface area contributed by atoms with Gasteiger partial charge in [-0.05, 0) is 42.8 Å². The third-order valence-corrected chi connectivity index (χ3v) is 6.12. The molecule has 8 heteroatoms. The topological polar surface area (TPSA) is 91.4 Å². The molecule has 0 aliphatic rings. The van der Waals surface area contributed by atoms with Gasteiger partial charge in [-0.25, -0.2) is 8.42 Å². The van der Waals surface area contributed by atoms with Crippen molar-refractivity contribution < 1.29 is 13.2 Å². The summed E-state index contributed by atoms with van der Waals surface area (Å²) in [4.78, 5) is 16.5. The Bertz CT molecular complexity index is 924. The van der Waals surface area contributed by atoms with Crippen LogP contribution in [0.4, 0.5) is 11.4 Å². The number of hydrogen-bond donors (Lipinski definition) is 2. The van der Waals surface area contributed by atoms with Crippen molar-refractivity contribution in [2.24, 2.45) is 0 Å². The van der Waals surface area contributed by atoms with Crippen molar-refractivity contribution in [3.63, 3.8) is 0 Å². The third kappa shape index (κ3) is 5.40. The summed E-state index contributed by atoms with van der Waals surface area (Å²) in [6.07, 6.45) is 6.33. The standard InChI is InChI=1S/C20H26N4O3S/c1-4-22-18-11-10-17(28(26,27)24(5-2)6-3)14-19(18)23-20(25)12-9-16-8-7-13-21-15-16/h7-15,22H,4-6H2,1-3H3,(H,23,25)/b12-9+. The number of benzene rings is 1. The van der Waals surface area contributed by atoms with Crippen LogP contribution in [-0.4, -0.2) is 43.2 Å². The molecule has 0 fully saturated rings. The molecule has 2 rings (SSSR count). The largest absolute Gasteiger partial charge is 0.384 e. The molecule has 1 heterocycles. The lowest BCUT2D eigenvalue weighted by Crippen LogP contribution is -2.30. The van der Waals surface area contributed by atoms with Gasteiger partial charge in [0.1, 0.15) is 0 Å². The second-order valence-corrected chi connectivity index (χ2v) is 7.87. The van der Waals surface area contributed by atoms with E-state index in [0.717, 1.165) is 5.56 Å². The SMILES string of the molecule is CCNc1ccc(S(=O)(=O)N(CC)CC)cc1NC(=O)/C=C/c1cccnc1. The summed E-state index contributed by atoms with van der Waals surface area (Å²) in [6, 6.07) is 8.31. The van der Waals surface area contributed by atoms with Gasteiger partial charge in [0.05, 0.1) is 16.3 Å². The van der Waals surface area contributed by atoms with Crippen LogP contribution in [-0.2, 0) is 14.8 Å². The van der Waals surface area contributed by atoms with Gasteiger partial charge in [-0.15, -0.1) is 0 Å². The maximum absolute atomic E-state index is 12.8. The van der Waals surface area contributed by atoms with E-state index in [1.807, 2.05) is 13.0 Å². The zero-order valence-corrected chi connectivity index (χ0v) is 17.2. The molecule has 1 aromatic carbocycles. The quantitative estimate of drug-likeness (QED) is 0.629. The van der Waals surface area contributed by atoms with Crippen molar-refractivity contribution in [1.29, 1.82) is 0 Å². The molecule has 0 aliphatic carbocycles. The normalized spacial score (nSPS) is 11.7. The molecule has 0 unspecified atom stereocenters. The minimum Gasteiger partial charge on any atom is -0.384 e. The summed E-state index contributed by atoms with van der Waals surface area (Å²) in [5.74, 6) is -0.361. The van der Waals surface area contributed by atoms with Crippen molar-refractivity contribution in [2.45, 2.75) is 25.7 Å². The lowest BCUT2D eigenvalue weighted by atomic mass is 10.2. The van der Waals surface area contributed by atoms with Crippen molar-refractivity contribution in [3.05, 3.63) is 54.4 Å². The highest BCUT2D eigenvalue weighted by Crippen LogP contribution is 2.27. The number of nitrogens with zero attached hydrogens (tertiary/aromatic N) is 2. The molecule has 2 N–H and O–H groups in total. The van der Waals surface area contributed by atoms with E-state index >= 15 is 0 Å². The molecule has 7 nitrogen and oxygen atoms in total. The first-order chi connectivity index (χ1) is 13.4. The van der Waals surface area contributed by atoms with Crippen molar-refractivity contribution in [1.82, 2.24) is 9.29 Å². The zero-order chi connectivity index (χ0) is 20.6. The Morgan fingerprint density at radius 1 is 1.14 bits per heavy atom. The Labute approximate surface area is 166 Å². The van der Waals surface area contributed by atoms with Crippen LogP contribution in [0.5, 0.6) is 0 Å². The molecule has 0 radical (unpaired) electrons. The molecule has 150 valence electrons. The Morgan fingerprint density at radius 3 is 2.50 bits per heavy atom. The maximum atomic E-state index is 12.8. The second-order valence-electron chi connectivity index (χ2n) is 5.94. The van der Waals surface area contributed by atoms with E-state index in [2.05, 4.69) is 15.6 Å². The number of hydrogen-bond acceptors (Lipinski definition) is 5. The van der Waals surface area contributed by atoms with Crippen LogP contribution in [0.25, 0.3) is 6.08 Å². The molecule has 1 aromatic heterocycles. The highest BCUT2D eigenvalue weighted by Gasteiger charge is 2.22. The summed E-state index contributed by atoms with van der Waals surface area (Å²) < 4.78 is 26.9. The zero-order valence-electron chi connectivity index (χ0n) is 16.3. The van der Waals surface area contributed by atoms with E-state index in [1.165, 1.54) is 16.4 Å². The molecular weight excluding hydrogens is 376 g/mol. The number of pyridine rings is 1. The highest BCUT2D eigenvalue weighted by atomic mass is 32.2. The van der Waals surface area contributed by atoms with Crippen LogP contribution in [0, 0.1) is 0 Å². The van der Waals surface area contributed by atoms with Crippen molar-refractivity contribution in [3.8, 4) is 0 Å². The third-order valence-electron chi connectivity index (χ3n) is 4.07. The molecule has 2 aromatic rings. The molecule has 0 saturated carbocycles. The first-order valence-corrected chi connectivity index (χ1v) is 10.6. The molecule has 0 bridgehead atoms. The molecule has 1 amide bonds. The first-order valence-electron chi connectivity index (χ1n) is 9.19. The fraction of sp³-hybridized carbons (Fsp3) is 0.300. The lowest BCUT2D eigenvalue weighted by Gasteiger charge is -2.20. The van der Waals surface area contributed by atoms with Crippen molar-refractivity contribution in [2.75, 3.05) is 30.3 Å². The summed E-state index contributed by atoms with van der Waals surface area (Å²) in [6.45, 7) is 6.90. The number of nitrogens with one attached hydrogen (secondary N) is 2. The second kappa shape index (κ2) is 10.0. The van der Waals surface area contributed by atoms with Gasteiger partial charge in [0, 0.05) is 38.1 Å². The van der Waals surface area contributed by atoms with Crippen LogP contribution in [0.15, 0.2) is 53.7 Å². The predicted octanol–water partition coefficient (Wildman–Crippen LogP) is 3.20. The summed E-state index contributed by atoms with van der Waals surface area (Å²) in [5.41, 5.74) is 1.86. The van der Waals surface area contributed by atoms with Gasteiger partial charge >= 0.3 is 0 Å². The average molecular weight is 403 g/mol. The Morgan fingerprint density at radius 2 is 1.89 bits per heavy atom. The number of rotatable bonds is 9. The fourth-order valence-electron chi connectivity index (χ4n) is 2.67. The minimum atomic E-state index is -3.62. The molecular formula is C20H26N4O3S. The monoisotopic (exact) mass is 402 g/mol. The number of carbonyl (C=O) groups is 1. The molecule has 28 heavy (non-hydrogen) atoms. The number of amides is 1. The van der Waals surface area contributed by atoms with Gasteiger partial charge in [-0.2, -0.15) is 4.31 Å². The average Bonchev–Trinajstić information content (AvgIpc) is 2.69. The highest BCUT2D eigenvalue weighted by molar-refractivity contribution is 7.89. The predicted molar refractivity (Wildman–Crippen MR) is 113 cm³/mol. The van der Waals surface area contributed by atoms with E-state index in [9.17, 15) is 13.2 Å². The number of carbonyl (C=O) groups excluding carboxylic acids is 1. The summed E-state index contributed by atoms with van der Waals surface area (Å²) in [7, 11) is -3.62. The van der Waals surface area contributed by atoms with E-state index in [1.54, 1.807) is 50.5 Å². The minimum absolute atomic E-state index is 0.143. The Balaban J connectivity index is 2.30. The van der Waals surface area contributed by atoms with E-state index in [0.29, 0.717) is 31.0 Å². The Kier molecular flexibility index (Phi) is 7.71. The van der Waals surface area contributed by atoms with Gasteiger partial charge in [-0.1, -0.05) is 19.9 Å². The maximum Gasteiger partial charge on any atom is 0.248 e. The van der Waals surface area contributed by atoms with Crippen LogP contribution < -0.4 is 10.6 Å². The number of sulfonamides is 1. The summed E-state index contributed by atoms with van der Waals surface area (Å²) in [5, 5.41) is 5.90. The summed E-state index contributed by atoms with van der Waals surface area (Å²) >= 11 is 0. The van der Waals surface area contributed by atoms with Gasteiger partial charge in [0.15, 0.2) is 0 Å². The van der Waals surface area contributed by atoms with E-state index < -0.39 is 10.0 Å². The smallest absolute Gasteiger partial charge is 0.248 e. The van der Waals surface area contributed by atoms with E-state index in [4.69, 9.17) is 0 Å². The number of anilines is 2. The van der Waals surface area contributed by atoms with Crippen LogP contribution in [0.2, 0.25) is 0 Å². The molecule has 0 aliphatic heterocycles. The van der Waals surface area contributed by atoms with E-state index in [-0.39, 0.29) is 10.8 Å². The van der Waals surface area contributed by atoms with Gasteiger partial charge in [0.25, 0.3) is 0 Å². The van der Waals surface area contributed by atoms with Crippen LogP contribution in [0.1, 0.15) is 26.3 Å².